The van der Waals surface area contributed by atoms with Crippen molar-refractivity contribution < 1.29 is 14.7 Å². The zero-order valence-corrected chi connectivity index (χ0v) is 15.6. The van der Waals surface area contributed by atoms with Gasteiger partial charge in [-0.25, -0.2) is 4.79 Å². The number of carbonyl (C=O) groups is 2. The molecule has 2 atom stereocenters. The topological polar surface area (TPSA) is 84.2 Å². The average molecular weight is 394 g/mol. The van der Waals surface area contributed by atoms with E-state index < -0.39 is 17.9 Å². The molecule has 0 aliphatic heterocycles. The van der Waals surface area contributed by atoms with Crippen molar-refractivity contribution in [3.8, 4) is 0 Å². The van der Waals surface area contributed by atoms with Crippen LogP contribution in [0.25, 0.3) is 0 Å². The van der Waals surface area contributed by atoms with Crippen molar-refractivity contribution in [1.82, 2.24) is 15.1 Å². The van der Waals surface area contributed by atoms with Gasteiger partial charge in [-0.1, -0.05) is 28.1 Å². The number of nitrogens with one attached hydrogen (secondary N) is 1. The monoisotopic (exact) mass is 393 g/mol. The maximum atomic E-state index is 12.6. The fourth-order valence-corrected chi connectivity index (χ4v) is 3.02. The number of carbonyl (C=O) groups excluding carboxylic acids is 1. The zero-order valence-electron chi connectivity index (χ0n) is 14.0. The highest BCUT2D eigenvalue weighted by Gasteiger charge is 2.28. The molecular weight excluding hydrogens is 374 g/mol. The van der Waals surface area contributed by atoms with E-state index in [1.54, 1.807) is 35.9 Å². The predicted molar refractivity (Wildman–Crippen MR) is 93.8 cm³/mol. The summed E-state index contributed by atoms with van der Waals surface area (Å²) in [7, 11) is 1.82. The SMILES string of the molecule is Cc1nn(C)c(C)c1C(C)C(=O)NC(C(=O)O)c1ccc(Br)cc1. The number of benzene rings is 1. The second-order valence-corrected chi connectivity index (χ2v) is 6.68. The molecule has 128 valence electrons. The van der Waals surface area contributed by atoms with Crippen molar-refractivity contribution in [2.24, 2.45) is 7.05 Å². The van der Waals surface area contributed by atoms with E-state index in [9.17, 15) is 14.7 Å². The molecule has 1 amide bonds. The van der Waals surface area contributed by atoms with Crippen molar-refractivity contribution in [2.75, 3.05) is 0 Å². The van der Waals surface area contributed by atoms with Gasteiger partial charge >= 0.3 is 5.97 Å². The standard InChI is InChI=1S/C17H20BrN3O3/c1-9(14-10(2)20-21(4)11(14)3)16(22)19-15(17(23)24)12-5-7-13(18)8-6-12/h5-9,15H,1-4H3,(H,19,22)(H,23,24). The molecule has 0 saturated heterocycles. The number of rotatable bonds is 5. The number of nitrogens with zero attached hydrogens (tertiary/aromatic N) is 2. The quantitative estimate of drug-likeness (QED) is 0.817. The number of amides is 1. The van der Waals surface area contributed by atoms with E-state index in [4.69, 9.17) is 0 Å². The van der Waals surface area contributed by atoms with Gasteiger partial charge in [0.15, 0.2) is 6.04 Å². The van der Waals surface area contributed by atoms with E-state index in [0.717, 1.165) is 21.4 Å². The van der Waals surface area contributed by atoms with Crippen LogP contribution in [-0.2, 0) is 16.6 Å². The van der Waals surface area contributed by atoms with Crippen LogP contribution >= 0.6 is 15.9 Å². The number of aryl methyl sites for hydroxylation is 2. The number of hydrogen-bond acceptors (Lipinski definition) is 3. The Morgan fingerprint density at radius 2 is 1.83 bits per heavy atom. The van der Waals surface area contributed by atoms with Gasteiger partial charge in [0, 0.05) is 22.8 Å². The highest BCUT2D eigenvalue weighted by atomic mass is 79.9. The predicted octanol–water partition coefficient (Wildman–Crippen LogP) is 2.85. The number of hydrogen-bond donors (Lipinski definition) is 2. The van der Waals surface area contributed by atoms with E-state index in [1.807, 2.05) is 20.9 Å². The lowest BCUT2D eigenvalue weighted by Crippen LogP contribution is -2.36. The molecule has 7 heteroatoms. The molecule has 1 aromatic carbocycles. The van der Waals surface area contributed by atoms with Crippen LogP contribution in [0.5, 0.6) is 0 Å². The normalized spacial score (nSPS) is 13.4. The molecule has 0 spiro atoms. The van der Waals surface area contributed by atoms with Crippen LogP contribution in [0, 0.1) is 13.8 Å². The molecule has 2 aromatic rings. The first-order chi connectivity index (χ1) is 11.2. The van der Waals surface area contributed by atoms with Crippen LogP contribution in [-0.4, -0.2) is 26.8 Å². The number of halogens is 1. The molecule has 6 nitrogen and oxygen atoms in total. The molecule has 1 heterocycles. The summed E-state index contributed by atoms with van der Waals surface area (Å²) in [5, 5.41) is 16.4. The first kappa shape index (κ1) is 18.2. The molecule has 0 bridgehead atoms. The molecule has 2 rings (SSSR count). The minimum absolute atomic E-state index is 0.343. The first-order valence-corrected chi connectivity index (χ1v) is 8.30. The summed E-state index contributed by atoms with van der Waals surface area (Å²) in [6.45, 7) is 5.49. The number of carboxylic acid groups (broad SMARTS) is 1. The maximum absolute atomic E-state index is 12.6. The Bertz CT molecular complexity index is 768. The van der Waals surface area contributed by atoms with Crippen molar-refractivity contribution in [1.29, 1.82) is 0 Å². The van der Waals surface area contributed by atoms with Crippen LogP contribution in [0.4, 0.5) is 0 Å². The van der Waals surface area contributed by atoms with Crippen LogP contribution < -0.4 is 5.32 Å². The Morgan fingerprint density at radius 3 is 2.29 bits per heavy atom. The van der Waals surface area contributed by atoms with Crippen LogP contribution in [0.3, 0.4) is 0 Å². The van der Waals surface area contributed by atoms with Gasteiger partial charge in [0.25, 0.3) is 0 Å². The van der Waals surface area contributed by atoms with E-state index >= 15 is 0 Å². The molecule has 0 radical (unpaired) electrons. The lowest BCUT2D eigenvalue weighted by Gasteiger charge is -2.19. The van der Waals surface area contributed by atoms with E-state index in [-0.39, 0.29) is 5.91 Å². The van der Waals surface area contributed by atoms with E-state index in [2.05, 4.69) is 26.3 Å². The van der Waals surface area contributed by atoms with Gasteiger partial charge in [0.1, 0.15) is 0 Å². The zero-order chi connectivity index (χ0) is 18.0. The largest absolute Gasteiger partial charge is 0.479 e. The van der Waals surface area contributed by atoms with Gasteiger partial charge in [-0.05, 0) is 38.5 Å². The molecule has 0 saturated carbocycles. The number of aromatic nitrogens is 2. The smallest absolute Gasteiger partial charge is 0.330 e. The van der Waals surface area contributed by atoms with E-state index in [0.29, 0.717) is 5.56 Å². The van der Waals surface area contributed by atoms with Crippen molar-refractivity contribution in [2.45, 2.75) is 32.7 Å². The van der Waals surface area contributed by atoms with Gasteiger partial charge in [-0.3, -0.25) is 9.48 Å². The van der Waals surface area contributed by atoms with E-state index in [1.165, 1.54) is 0 Å². The Morgan fingerprint density at radius 1 is 1.25 bits per heavy atom. The van der Waals surface area contributed by atoms with Gasteiger partial charge in [-0.15, -0.1) is 0 Å². The van der Waals surface area contributed by atoms with Crippen LogP contribution in [0.1, 0.15) is 41.4 Å². The molecule has 2 unspecified atom stereocenters. The van der Waals surface area contributed by atoms with Crippen molar-refractivity contribution in [3.63, 3.8) is 0 Å². The summed E-state index contributed by atoms with van der Waals surface area (Å²) in [5.74, 6) is -1.93. The average Bonchev–Trinajstić information content (AvgIpc) is 2.77. The highest BCUT2D eigenvalue weighted by molar-refractivity contribution is 9.10. The summed E-state index contributed by atoms with van der Waals surface area (Å²) in [5.41, 5.74) is 3.01. The second kappa shape index (κ2) is 7.17. The fourth-order valence-electron chi connectivity index (χ4n) is 2.76. The molecule has 0 fully saturated rings. The molecule has 0 aliphatic carbocycles. The van der Waals surface area contributed by atoms with Crippen molar-refractivity contribution in [3.05, 3.63) is 51.3 Å². The minimum Gasteiger partial charge on any atom is -0.479 e. The third-order valence-corrected chi connectivity index (χ3v) is 4.66. The van der Waals surface area contributed by atoms with Gasteiger partial charge in [0.05, 0.1) is 11.6 Å². The first-order valence-electron chi connectivity index (χ1n) is 7.51. The van der Waals surface area contributed by atoms with Crippen molar-refractivity contribution >= 4 is 27.8 Å². The molecule has 2 N–H and O–H groups in total. The maximum Gasteiger partial charge on any atom is 0.330 e. The Balaban J connectivity index is 2.24. The Hall–Kier alpha value is -2.15. The Kier molecular flexibility index (Phi) is 5.43. The number of aliphatic carboxylic acids is 1. The molecule has 1 aromatic heterocycles. The third kappa shape index (κ3) is 3.67. The Labute approximate surface area is 149 Å². The summed E-state index contributed by atoms with van der Waals surface area (Å²) >= 11 is 3.31. The fraction of sp³-hybridized carbons (Fsp3) is 0.353. The number of carboxylic acids is 1. The van der Waals surface area contributed by atoms with Gasteiger partial charge in [-0.2, -0.15) is 5.10 Å². The third-order valence-electron chi connectivity index (χ3n) is 4.13. The van der Waals surface area contributed by atoms with Gasteiger partial charge in [0.2, 0.25) is 5.91 Å². The minimum atomic E-state index is -1.10. The molecular formula is C17H20BrN3O3. The summed E-state index contributed by atoms with van der Waals surface area (Å²) in [4.78, 5) is 24.2. The lowest BCUT2D eigenvalue weighted by molar-refractivity contribution is -0.142. The summed E-state index contributed by atoms with van der Waals surface area (Å²) in [6.07, 6.45) is 0. The highest BCUT2D eigenvalue weighted by Crippen LogP contribution is 2.24. The van der Waals surface area contributed by atoms with Gasteiger partial charge < -0.3 is 10.4 Å². The lowest BCUT2D eigenvalue weighted by atomic mass is 9.97. The van der Waals surface area contributed by atoms with Crippen LogP contribution in [0.2, 0.25) is 0 Å². The second-order valence-electron chi connectivity index (χ2n) is 5.76. The van der Waals surface area contributed by atoms with Crippen LogP contribution in [0.15, 0.2) is 28.7 Å². The molecule has 24 heavy (non-hydrogen) atoms. The summed E-state index contributed by atoms with van der Waals surface area (Å²) in [6, 6.07) is 5.75. The molecule has 0 aliphatic rings. The summed E-state index contributed by atoms with van der Waals surface area (Å²) < 4.78 is 2.56.